The Labute approximate surface area is 176 Å². The summed E-state index contributed by atoms with van der Waals surface area (Å²) in [6.07, 6.45) is 7.88. The van der Waals surface area contributed by atoms with E-state index in [1.165, 1.54) is 62.7 Å². The molecule has 2 fully saturated rings. The number of nitrogens with one attached hydrogen (secondary N) is 2. The molecule has 0 bridgehead atoms. The van der Waals surface area contributed by atoms with E-state index in [0.29, 0.717) is 6.04 Å². The summed E-state index contributed by atoms with van der Waals surface area (Å²) in [6.45, 7) is 6.74. The molecule has 1 saturated carbocycles. The van der Waals surface area contributed by atoms with E-state index in [2.05, 4.69) is 51.7 Å². The average molecular weight is 470 g/mol. The third-order valence-corrected chi connectivity index (χ3v) is 5.75. The highest BCUT2D eigenvalue weighted by Crippen LogP contribution is 2.20. The van der Waals surface area contributed by atoms with E-state index in [9.17, 15) is 0 Å². The third-order valence-electron chi connectivity index (χ3n) is 5.75. The number of halogens is 1. The molecule has 1 saturated heterocycles. The first-order chi connectivity index (χ1) is 12.2. The molecule has 0 unspecified atom stereocenters. The van der Waals surface area contributed by atoms with Gasteiger partial charge in [0.05, 0.1) is 0 Å². The average Bonchev–Trinajstić information content (AvgIpc) is 3.15. The van der Waals surface area contributed by atoms with Gasteiger partial charge in [0.25, 0.3) is 0 Å². The number of hydrogen-bond donors (Lipinski definition) is 2. The van der Waals surface area contributed by atoms with Crippen LogP contribution in [0.15, 0.2) is 29.3 Å². The van der Waals surface area contributed by atoms with Gasteiger partial charge in [-0.2, -0.15) is 0 Å². The van der Waals surface area contributed by atoms with E-state index < -0.39 is 0 Å². The van der Waals surface area contributed by atoms with Crippen LogP contribution in [0.3, 0.4) is 0 Å². The molecule has 0 aromatic heterocycles. The summed E-state index contributed by atoms with van der Waals surface area (Å²) in [5, 5.41) is 7.09. The van der Waals surface area contributed by atoms with Gasteiger partial charge in [-0.1, -0.05) is 44.0 Å². The Hall–Kier alpha value is -0.820. The number of likely N-dealkylation sites (tertiary alicyclic amines) is 1. The summed E-state index contributed by atoms with van der Waals surface area (Å²) < 4.78 is 0. The molecular formula is C21H35IN4. The summed E-state index contributed by atoms with van der Waals surface area (Å²) in [6, 6.07) is 9.43. The van der Waals surface area contributed by atoms with Gasteiger partial charge in [-0.25, -0.2) is 0 Å². The van der Waals surface area contributed by atoms with Crippen molar-refractivity contribution < 1.29 is 0 Å². The third kappa shape index (κ3) is 6.41. The summed E-state index contributed by atoms with van der Waals surface area (Å²) >= 11 is 0. The van der Waals surface area contributed by atoms with E-state index in [0.717, 1.165) is 25.0 Å². The molecule has 26 heavy (non-hydrogen) atoms. The Balaban J connectivity index is 0.00000243. The van der Waals surface area contributed by atoms with E-state index >= 15 is 0 Å². The van der Waals surface area contributed by atoms with Gasteiger partial charge in [-0.15, -0.1) is 24.0 Å². The van der Waals surface area contributed by atoms with Crippen LogP contribution in [0, 0.1) is 5.92 Å². The van der Waals surface area contributed by atoms with Crippen LogP contribution in [0.2, 0.25) is 0 Å². The van der Waals surface area contributed by atoms with Crippen LogP contribution in [0.1, 0.15) is 56.6 Å². The number of guanidine groups is 1. The predicted octanol–water partition coefficient (Wildman–Crippen LogP) is 4.14. The molecule has 0 spiro atoms. The fourth-order valence-electron chi connectivity index (χ4n) is 3.98. The maximum Gasteiger partial charge on any atom is 0.191 e. The van der Waals surface area contributed by atoms with Crippen LogP contribution in [-0.2, 0) is 13.1 Å². The van der Waals surface area contributed by atoms with Crippen molar-refractivity contribution in [2.75, 3.05) is 20.1 Å². The molecule has 1 aliphatic heterocycles. The highest BCUT2D eigenvalue weighted by atomic mass is 127. The number of hydrogen-bond acceptors (Lipinski definition) is 2. The maximum atomic E-state index is 4.40. The fourth-order valence-corrected chi connectivity index (χ4v) is 3.98. The molecule has 0 atom stereocenters. The van der Waals surface area contributed by atoms with Gasteiger partial charge >= 0.3 is 0 Å². The number of piperidine rings is 1. The Bertz CT molecular complexity index is 561. The van der Waals surface area contributed by atoms with E-state index in [1.807, 2.05) is 7.05 Å². The first-order valence-electron chi connectivity index (χ1n) is 10.0. The minimum Gasteiger partial charge on any atom is -0.354 e. The van der Waals surface area contributed by atoms with Gasteiger partial charge in [0.2, 0.25) is 0 Å². The molecule has 1 aliphatic carbocycles. The van der Waals surface area contributed by atoms with E-state index in [-0.39, 0.29) is 24.0 Å². The zero-order valence-electron chi connectivity index (χ0n) is 16.3. The zero-order valence-corrected chi connectivity index (χ0v) is 18.7. The van der Waals surface area contributed by atoms with Crippen molar-refractivity contribution in [3.05, 3.63) is 35.4 Å². The minimum atomic E-state index is 0. The van der Waals surface area contributed by atoms with Gasteiger partial charge < -0.3 is 10.6 Å². The minimum absolute atomic E-state index is 0. The standard InChI is InChI=1S/C21H34N4.HI/c1-17-11-13-25(14-12-17)16-19-8-4-3-7-18(19)15-23-21(22-2)24-20-9-5-6-10-20;/h3-4,7-8,17,20H,5-6,9-16H2,1-2H3,(H2,22,23,24);1H. The highest BCUT2D eigenvalue weighted by molar-refractivity contribution is 14.0. The first kappa shape index (κ1) is 21.5. The van der Waals surface area contributed by atoms with Crippen molar-refractivity contribution >= 4 is 29.9 Å². The molecule has 1 heterocycles. The number of aliphatic imine (C=N–C) groups is 1. The molecule has 1 aromatic carbocycles. The number of rotatable bonds is 5. The lowest BCUT2D eigenvalue weighted by Crippen LogP contribution is -2.42. The lowest BCUT2D eigenvalue weighted by Gasteiger charge is -2.30. The fraction of sp³-hybridized carbons (Fsp3) is 0.667. The molecule has 5 heteroatoms. The van der Waals surface area contributed by atoms with Crippen LogP contribution < -0.4 is 10.6 Å². The summed E-state index contributed by atoms with van der Waals surface area (Å²) in [5.41, 5.74) is 2.83. The molecule has 4 nitrogen and oxygen atoms in total. The van der Waals surface area contributed by atoms with Crippen LogP contribution in [0.25, 0.3) is 0 Å². The quantitative estimate of drug-likeness (QED) is 0.386. The first-order valence-corrected chi connectivity index (χ1v) is 10.0. The van der Waals surface area contributed by atoms with Gasteiger partial charge in [0.1, 0.15) is 0 Å². The molecule has 0 amide bonds. The van der Waals surface area contributed by atoms with Crippen molar-refractivity contribution in [1.82, 2.24) is 15.5 Å². The lowest BCUT2D eigenvalue weighted by atomic mass is 9.98. The van der Waals surface area contributed by atoms with Crippen LogP contribution in [0.4, 0.5) is 0 Å². The second kappa shape index (κ2) is 11.1. The normalized spacial score (nSPS) is 20.0. The molecule has 0 radical (unpaired) electrons. The molecule has 2 N–H and O–H groups in total. The van der Waals surface area contributed by atoms with E-state index in [4.69, 9.17) is 0 Å². The summed E-state index contributed by atoms with van der Waals surface area (Å²) in [7, 11) is 1.87. The number of nitrogens with zero attached hydrogens (tertiary/aromatic N) is 2. The molecule has 3 rings (SSSR count). The summed E-state index contributed by atoms with van der Waals surface area (Å²) in [4.78, 5) is 7.01. The smallest absolute Gasteiger partial charge is 0.191 e. The van der Waals surface area contributed by atoms with Gasteiger partial charge in [0.15, 0.2) is 5.96 Å². The maximum absolute atomic E-state index is 4.40. The van der Waals surface area contributed by atoms with Crippen molar-refractivity contribution in [1.29, 1.82) is 0 Å². The second-order valence-corrected chi connectivity index (χ2v) is 7.78. The van der Waals surface area contributed by atoms with Crippen LogP contribution >= 0.6 is 24.0 Å². The van der Waals surface area contributed by atoms with Crippen molar-refractivity contribution in [3.8, 4) is 0 Å². The van der Waals surface area contributed by atoms with Crippen molar-refractivity contribution in [3.63, 3.8) is 0 Å². The largest absolute Gasteiger partial charge is 0.354 e. The SMILES string of the molecule is CN=C(NCc1ccccc1CN1CCC(C)CC1)NC1CCCC1.I. The van der Waals surface area contributed by atoms with Gasteiger partial charge in [-0.05, 0) is 55.8 Å². The Morgan fingerprint density at radius 3 is 2.38 bits per heavy atom. The zero-order chi connectivity index (χ0) is 17.5. The molecule has 1 aromatic rings. The van der Waals surface area contributed by atoms with Crippen molar-refractivity contribution in [2.24, 2.45) is 10.9 Å². The monoisotopic (exact) mass is 470 g/mol. The van der Waals surface area contributed by atoms with Gasteiger partial charge in [0, 0.05) is 26.2 Å². The Kier molecular flexibility index (Phi) is 9.19. The summed E-state index contributed by atoms with van der Waals surface area (Å²) in [5.74, 6) is 1.83. The Morgan fingerprint density at radius 1 is 1.08 bits per heavy atom. The van der Waals surface area contributed by atoms with Gasteiger partial charge in [-0.3, -0.25) is 9.89 Å². The topological polar surface area (TPSA) is 39.7 Å². The van der Waals surface area contributed by atoms with E-state index in [1.54, 1.807) is 0 Å². The lowest BCUT2D eigenvalue weighted by molar-refractivity contribution is 0.185. The van der Waals surface area contributed by atoms with Crippen LogP contribution in [0.5, 0.6) is 0 Å². The predicted molar refractivity (Wildman–Crippen MR) is 121 cm³/mol. The molecular weight excluding hydrogens is 435 g/mol. The van der Waals surface area contributed by atoms with Crippen LogP contribution in [-0.4, -0.2) is 37.0 Å². The highest BCUT2D eigenvalue weighted by Gasteiger charge is 2.18. The Morgan fingerprint density at radius 2 is 1.73 bits per heavy atom. The molecule has 146 valence electrons. The second-order valence-electron chi connectivity index (χ2n) is 7.78. The van der Waals surface area contributed by atoms with Crippen molar-refractivity contribution in [2.45, 2.75) is 64.6 Å². The number of benzene rings is 1. The molecule has 2 aliphatic rings.